The first-order valence-corrected chi connectivity index (χ1v) is 5.95. The van der Waals surface area contributed by atoms with Gasteiger partial charge in [0.1, 0.15) is 11.5 Å². The predicted octanol–water partition coefficient (Wildman–Crippen LogP) is 4.09. The lowest BCUT2D eigenvalue weighted by molar-refractivity contribution is 0.319. The summed E-state index contributed by atoms with van der Waals surface area (Å²) in [6, 6.07) is 7.30. The Bertz CT molecular complexity index is 658. The number of halogens is 4. The standard InChI is InChI=1S/C13H7BrF3NO/c14-9-3-1-2-8(12(9)17)13(18-19)7-4-5-10(15)11(16)6-7/h1-6,19H/b18-13-. The van der Waals surface area contributed by atoms with Crippen molar-refractivity contribution in [1.29, 1.82) is 0 Å². The zero-order valence-corrected chi connectivity index (χ0v) is 11.0. The predicted molar refractivity (Wildman–Crippen MR) is 67.9 cm³/mol. The molecule has 0 spiro atoms. The Hall–Kier alpha value is -1.82. The lowest BCUT2D eigenvalue weighted by Crippen LogP contribution is -2.07. The van der Waals surface area contributed by atoms with Gasteiger partial charge >= 0.3 is 0 Å². The van der Waals surface area contributed by atoms with Crippen LogP contribution in [-0.2, 0) is 0 Å². The highest BCUT2D eigenvalue weighted by Gasteiger charge is 2.16. The van der Waals surface area contributed by atoms with E-state index in [0.717, 1.165) is 12.1 Å². The first-order chi connectivity index (χ1) is 9.04. The Morgan fingerprint density at radius 3 is 2.42 bits per heavy atom. The fourth-order valence-corrected chi connectivity index (χ4v) is 1.96. The van der Waals surface area contributed by atoms with Gasteiger partial charge in [0.2, 0.25) is 0 Å². The first-order valence-electron chi connectivity index (χ1n) is 5.16. The average Bonchev–Trinajstić information content (AvgIpc) is 2.39. The molecule has 0 bridgehead atoms. The van der Waals surface area contributed by atoms with Crippen molar-refractivity contribution >= 4 is 21.6 Å². The average molecular weight is 330 g/mol. The lowest BCUT2D eigenvalue weighted by Gasteiger charge is -2.07. The Morgan fingerprint density at radius 2 is 1.79 bits per heavy atom. The van der Waals surface area contributed by atoms with E-state index in [9.17, 15) is 13.2 Å². The van der Waals surface area contributed by atoms with Gasteiger partial charge in [-0.1, -0.05) is 11.2 Å². The maximum atomic E-state index is 13.9. The summed E-state index contributed by atoms with van der Waals surface area (Å²) < 4.78 is 40.1. The largest absolute Gasteiger partial charge is 0.410 e. The summed E-state index contributed by atoms with van der Waals surface area (Å²) in [5.74, 6) is -2.79. The molecule has 2 aromatic carbocycles. The Kier molecular flexibility index (Phi) is 3.90. The minimum absolute atomic E-state index is 0.0251. The van der Waals surface area contributed by atoms with Crippen molar-refractivity contribution in [2.24, 2.45) is 5.16 Å². The van der Waals surface area contributed by atoms with Crippen LogP contribution in [0.2, 0.25) is 0 Å². The van der Waals surface area contributed by atoms with Crippen LogP contribution in [0.25, 0.3) is 0 Å². The molecule has 98 valence electrons. The van der Waals surface area contributed by atoms with Gasteiger partial charge in [0.05, 0.1) is 4.47 Å². The highest BCUT2D eigenvalue weighted by molar-refractivity contribution is 9.10. The van der Waals surface area contributed by atoms with Crippen molar-refractivity contribution in [2.75, 3.05) is 0 Å². The molecule has 1 N–H and O–H groups in total. The third-order valence-corrected chi connectivity index (χ3v) is 3.11. The molecule has 0 saturated carbocycles. The van der Waals surface area contributed by atoms with E-state index < -0.39 is 17.5 Å². The van der Waals surface area contributed by atoms with Crippen molar-refractivity contribution in [3.63, 3.8) is 0 Å². The minimum atomic E-state index is -1.10. The fraction of sp³-hybridized carbons (Fsp3) is 0. The van der Waals surface area contributed by atoms with Gasteiger partial charge in [0.25, 0.3) is 0 Å². The second kappa shape index (κ2) is 5.44. The summed E-state index contributed by atoms with van der Waals surface area (Å²) in [6.07, 6.45) is 0. The molecule has 0 fully saturated rings. The van der Waals surface area contributed by atoms with Gasteiger partial charge < -0.3 is 5.21 Å². The maximum absolute atomic E-state index is 13.9. The van der Waals surface area contributed by atoms with E-state index in [1.54, 1.807) is 0 Å². The minimum Gasteiger partial charge on any atom is -0.410 e. The van der Waals surface area contributed by atoms with Gasteiger partial charge in [-0.3, -0.25) is 0 Å². The van der Waals surface area contributed by atoms with Crippen molar-refractivity contribution in [3.8, 4) is 0 Å². The quantitative estimate of drug-likeness (QED) is 0.502. The summed E-state index contributed by atoms with van der Waals surface area (Å²) >= 11 is 3.00. The molecule has 0 radical (unpaired) electrons. The molecule has 0 amide bonds. The van der Waals surface area contributed by atoms with E-state index in [1.165, 1.54) is 24.3 Å². The van der Waals surface area contributed by atoms with Crippen LogP contribution in [0.15, 0.2) is 46.0 Å². The van der Waals surface area contributed by atoms with Crippen LogP contribution in [0.3, 0.4) is 0 Å². The van der Waals surface area contributed by atoms with Crippen LogP contribution in [0.1, 0.15) is 11.1 Å². The van der Waals surface area contributed by atoms with E-state index in [1.807, 2.05) is 0 Å². The SMILES string of the molecule is O/N=C(/c1ccc(F)c(F)c1)c1cccc(Br)c1F. The molecular weight excluding hydrogens is 323 g/mol. The van der Waals surface area contributed by atoms with Crippen LogP contribution in [-0.4, -0.2) is 10.9 Å². The number of oxime groups is 1. The van der Waals surface area contributed by atoms with Gasteiger partial charge in [0.15, 0.2) is 11.6 Å². The summed E-state index contributed by atoms with van der Waals surface area (Å²) in [4.78, 5) is 0. The number of hydrogen-bond acceptors (Lipinski definition) is 2. The Balaban J connectivity index is 2.57. The van der Waals surface area contributed by atoms with Gasteiger partial charge in [0, 0.05) is 11.1 Å². The zero-order chi connectivity index (χ0) is 14.0. The number of rotatable bonds is 2. The summed E-state index contributed by atoms with van der Waals surface area (Å²) in [5.41, 5.74) is -0.140. The maximum Gasteiger partial charge on any atom is 0.159 e. The monoisotopic (exact) mass is 329 g/mol. The Morgan fingerprint density at radius 1 is 1.05 bits per heavy atom. The first kappa shape index (κ1) is 13.6. The van der Waals surface area contributed by atoms with Crippen molar-refractivity contribution in [1.82, 2.24) is 0 Å². The highest BCUT2D eigenvalue weighted by atomic mass is 79.9. The smallest absolute Gasteiger partial charge is 0.159 e. The number of nitrogens with zero attached hydrogens (tertiary/aromatic N) is 1. The molecule has 0 heterocycles. The molecule has 6 heteroatoms. The van der Waals surface area contributed by atoms with E-state index in [4.69, 9.17) is 5.21 Å². The van der Waals surface area contributed by atoms with Gasteiger partial charge in [-0.15, -0.1) is 0 Å². The van der Waals surface area contributed by atoms with Crippen molar-refractivity contribution in [2.45, 2.75) is 0 Å². The summed E-state index contributed by atoms with van der Waals surface area (Å²) in [6.45, 7) is 0. The molecule has 0 saturated heterocycles. The molecule has 0 unspecified atom stereocenters. The normalized spacial score (nSPS) is 11.7. The van der Waals surface area contributed by atoms with Crippen LogP contribution in [0.5, 0.6) is 0 Å². The third kappa shape index (κ3) is 2.63. The van der Waals surface area contributed by atoms with Crippen LogP contribution >= 0.6 is 15.9 Å². The molecule has 2 nitrogen and oxygen atoms in total. The molecule has 2 rings (SSSR count). The number of benzene rings is 2. The zero-order valence-electron chi connectivity index (χ0n) is 9.37. The van der Waals surface area contributed by atoms with Crippen LogP contribution in [0.4, 0.5) is 13.2 Å². The number of hydrogen-bond donors (Lipinski definition) is 1. The highest BCUT2D eigenvalue weighted by Crippen LogP contribution is 2.22. The van der Waals surface area contributed by atoms with Crippen LogP contribution in [0, 0.1) is 17.5 Å². The molecule has 0 aliphatic rings. The molecular formula is C13H7BrF3NO. The van der Waals surface area contributed by atoms with E-state index >= 15 is 0 Å². The van der Waals surface area contributed by atoms with Crippen molar-refractivity contribution in [3.05, 3.63) is 69.4 Å². The molecule has 19 heavy (non-hydrogen) atoms. The van der Waals surface area contributed by atoms with E-state index in [2.05, 4.69) is 21.1 Å². The summed E-state index contributed by atoms with van der Waals surface area (Å²) in [5, 5.41) is 12.0. The second-order valence-corrected chi connectivity index (χ2v) is 4.53. The lowest BCUT2D eigenvalue weighted by atomic mass is 10.0. The van der Waals surface area contributed by atoms with Crippen LogP contribution < -0.4 is 0 Å². The van der Waals surface area contributed by atoms with E-state index in [0.29, 0.717) is 0 Å². The van der Waals surface area contributed by atoms with E-state index in [-0.39, 0.29) is 21.3 Å². The molecule has 0 aliphatic carbocycles. The molecule has 2 aromatic rings. The summed E-state index contributed by atoms with van der Waals surface area (Å²) in [7, 11) is 0. The fourth-order valence-electron chi connectivity index (χ4n) is 1.60. The molecule has 0 aliphatic heterocycles. The third-order valence-electron chi connectivity index (χ3n) is 2.50. The Labute approximate surface area is 115 Å². The van der Waals surface area contributed by atoms with Gasteiger partial charge in [-0.25, -0.2) is 13.2 Å². The van der Waals surface area contributed by atoms with Gasteiger partial charge in [-0.2, -0.15) is 0 Å². The second-order valence-electron chi connectivity index (χ2n) is 3.68. The topological polar surface area (TPSA) is 32.6 Å². The van der Waals surface area contributed by atoms with Crippen molar-refractivity contribution < 1.29 is 18.4 Å². The molecule has 0 aromatic heterocycles. The van der Waals surface area contributed by atoms with Gasteiger partial charge in [-0.05, 0) is 46.3 Å². The molecule has 0 atom stereocenters.